The third kappa shape index (κ3) is 6.22. The van der Waals surface area contributed by atoms with Crippen molar-refractivity contribution in [2.24, 2.45) is 11.8 Å². The molecule has 1 unspecified atom stereocenters. The van der Waals surface area contributed by atoms with Crippen LogP contribution in [-0.4, -0.2) is 49.8 Å². The zero-order valence-electron chi connectivity index (χ0n) is 16.4. The maximum absolute atomic E-state index is 12.7. The Hall–Kier alpha value is -2.08. The highest BCUT2D eigenvalue weighted by Gasteiger charge is 2.33. The van der Waals surface area contributed by atoms with Gasteiger partial charge in [0, 0.05) is 31.6 Å². The van der Waals surface area contributed by atoms with E-state index in [0.29, 0.717) is 32.4 Å². The minimum atomic E-state index is -4.53. The van der Waals surface area contributed by atoms with Gasteiger partial charge in [0.1, 0.15) is 5.82 Å². The summed E-state index contributed by atoms with van der Waals surface area (Å²) in [4.78, 5) is 29.8. The molecule has 2 N–H and O–H groups in total. The lowest BCUT2D eigenvalue weighted by molar-refractivity contribution is -0.137. The third-order valence-corrected chi connectivity index (χ3v) is 7.56. The van der Waals surface area contributed by atoms with Crippen LogP contribution in [0.3, 0.4) is 0 Å². The normalized spacial score (nSPS) is 21.7. The van der Waals surface area contributed by atoms with Gasteiger partial charge in [0.25, 0.3) is 0 Å². The molecule has 2 aliphatic heterocycles. The Morgan fingerprint density at radius 2 is 1.87 bits per heavy atom. The van der Waals surface area contributed by atoms with Crippen molar-refractivity contribution in [1.29, 1.82) is 0 Å². The van der Waals surface area contributed by atoms with Crippen LogP contribution in [0.15, 0.2) is 12.3 Å². The van der Waals surface area contributed by atoms with Gasteiger partial charge in [-0.1, -0.05) is 11.6 Å². The van der Waals surface area contributed by atoms with Gasteiger partial charge in [-0.2, -0.15) is 13.2 Å². The van der Waals surface area contributed by atoms with Crippen LogP contribution in [0.2, 0.25) is 5.02 Å². The molecule has 13 heteroatoms. The van der Waals surface area contributed by atoms with Gasteiger partial charge in [-0.25, -0.2) is 13.4 Å². The number of halogens is 4. The van der Waals surface area contributed by atoms with E-state index in [2.05, 4.69) is 15.8 Å². The van der Waals surface area contributed by atoms with E-state index in [-0.39, 0.29) is 40.6 Å². The van der Waals surface area contributed by atoms with Crippen LogP contribution in [0.25, 0.3) is 0 Å². The largest absolute Gasteiger partial charge is 0.417 e. The minimum absolute atomic E-state index is 0.0205. The van der Waals surface area contributed by atoms with Crippen LogP contribution in [0.1, 0.15) is 31.2 Å². The highest BCUT2D eigenvalue weighted by Crippen LogP contribution is 2.34. The average Bonchev–Trinajstić information content (AvgIpc) is 3.03. The van der Waals surface area contributed by atoms with Crippen molar-refractivity contribution >= 4 is 39.1 Å². The van der Waals surface area contributed by atoms with Crippen LogP contribution in [-0.2, 0) is 25.6 Å². The lowest BCUT2D eigenvalue weighted by atomic mass is 9.96. The molecule has 1 aromatic heterocycles. The number of nitrogens with one attached hydrogen (secondary N) is 2. The first kappa shape index (κ1) is 23.6. The predicted octanol–water partition coefficient (Wildman–Crippen LogP) is 1.94. The lowest BCUT2D eigenvalue weighted by Gasteiger charge is -2.32. The highest BCUT2D eigenvalue weighted by molar-refractivity contribution is 7.91. The molecule has 0 spiro atoms. The van der Waals surface area contributed by atoms with E-state index in [4.69, 9.17) is 11.6 Å². The van der Waals surface area contributed by atoms with Crippen LogP contribution in [0.4, 0.5) is 19.0 Å². The van der Waals surface area contributed by atoms with Gasteiger partial charge in [-0.3, -0.25) is 20.4 Å². The molecule has 2 fully saturated rings. The first-order chi connectivity index (χ1) is 14.4. The Labute approximate surface area is 182 Å². The SMILES string of the molecule is O=C(CC1CCS(=O)(=O)C1)NNC(=O)C1CCN(c2ncc(C(F)(F)F)cc2Cl)CC1. The Morgan fingerprint density at radius 3 is 2.42 bits per heavy atom. The molecule has 0 aromatic carbocycles. The molecular weight excluding hydrogens is 461 g/mol. The number of aromatic nitrogens is 1. The van der Waals surface area contributed by atoms with Gasteiger partial charge >= 0.3 is 6.18 Å². The Balaban J connectivity index is 1.45. The van der Waals surface area contributed by atoms with Gasteiger partial charge in [-0.05, 0) is 31.2 Å². The molecule has 3 rings (SSSR count). The van der Waals surface area contributed by atoms with Crippen LogP contribution in [0.5, 0.6) is 0 Å². The number of pyridine rings is 1. The second-order valence-electron chi connectivity index (χ2n) is 7.80. The van der Waals surface area contributed by atoms with E-state index >= 15 is 0 Å². The summed E-state index contributed by atoms with van der Waals surface area (Å²) >= 11 is 5.97. The molecular formula is C18H22ClF3N4O4S. The summed E-state index contributed by atoms with van der Waals surface area (Å²) in [5.74, 6) is -1.18. The summed E-state index contributed by atoms with van der Waals surface area (Å²) in [5.41, 5.74) is 3.75. The van der Waals surface area contributed by atoms with E-state index in [9.17, 15) is 31.2 Å². The van der Waals surface area contributed by atoms with Gasteiger partial charge in [-0.15, -0.1) is 0 Å². The molecule has 172 valence electrons. The topological polar surface area (TPSA) is 108 Å². The number of nitrogens with zero attached hydrogens (tertiary/aromatic N) is 2. The van der Waals surface area contributed by atoms with Crippen LogP contribution >= 0.6 is 11.6 Å². The number of anilines is 1. The number of alkyl halides is 3. The number of carbonyl (C=O) groups is 2. The summed E-state index contributed by atoms with van der Waals surface area (Å²) in [6.07, 6.45) is -2.54. The van der Waals surface area contributed by atoms with Crippen molar-refractivity contribution in [3.63, 3.8) is 0 Å². The van der Waals surface area contributed by atoms with Gasteiger partial charge in [0.05, 0.1) is 22.1 Å². The molecule has 8 nitrogen and oxygen atoms in total. The first-order valence-corrected chi connectivity index (χ1v) is 11.9. The van der Waals surface area contributed by atoms with E-state index in [1.165, 1.54) is 0 Å². The van der Waals surface area contributed by atoms with Crippen LogP contribution < -0.4 is 15.8 Å². The average molecular weight is 483 g/mol. The quantitative estimate of drug-likeness (QED) is 0.635. The fourth-order valence-electron chi connectivity index (χ4n) is 3.75. The third-order valence-electron chi connectivity index (χ3n) is 5.44. The molecule has 0 aliphatic carbocycles. The monoisotopic (exact) mass is 482 g/mol. The number of piperidine rings is 1. The number of rotatable bonds is 4. The fraction of sp³-hybridized carbons (Fsp3) is 0.611. The van der Waals surface area contributed by atoms with Crippen molar-refractivity contribution in [3.8, 4) is 0 Å². The number of amides is 2. The second kappa shape index (κ2) is 9.19. The first-order valence-electron chi connectivity index (χ1n) is 9.71. The molecule has 1 atom stereocenters. The standard InChI is InChI=1S/C18H22ClF3N4O4S/c19-14-8-13(18(20,21)22)9-23-16(14)26-4-1-12(2-5-26)17(28)25-24-15(27)7-11-3-6-31(29,30)10-11/h8-9,11-12H,1-7,10H2,(H,24,27)(H,25,28). The maximum Gasteiger partial charge on any atom is 0.417 e. The lowest BCUT2D eigenvalue weighted by Crippen LogP contribution is -2.47. The number of hydrogen-bond acceptors (Lipinski definition) is 6. The van der Waals surface area contributed by atoms with Crippen molar-refractivity contribution in [1.82, 2.24) is 15.8 Å². The Kier molecular flexibility index (Phi) is 6.99. The molecule has 0 bridgehead atoms. The van der Waals surface area contributed by atoms with Gasteiger partial charge < -0.3 is 4.90 Å². The van der Waals surface area contributed by atoms with Crippen molar-refractivity contribution in [3.05, 3.63) is 22.8 Å². The second-order valence-corrected chi connectivity index (χ2v) is 10.4. The van der Waals surface area contributed by atoms with E-state index < -0.39 is 33.4 Å². The summed E-state index contributed by atoms with van der Waals surface area (Å²) in [5, 5.41) is -0.112. The van der Waals surface area contributed by atoms with Crippen molar-refractivity contribution in [2.45, 2.75) is 31.9 Å². The predicted molar refractivity (Wildman–Crippen MR) is 107 cm³/mol. The molecule has 3 heterocycles. The number of hydrazine groups is 1. The molecule has 31 heavy (non-hydrogen) atoms. The van der Waals surface area contributed by atoms with Crippen molar-refractivity contribution in [2.75, 3.05) is 29.5 Å². The summed E-state index contributed by atoms with van der Waals surface area (Å²) in [6, 6.07) is 0.827. The minimum Gasteiger partial charge on any atom is -0.355 e. The van der Waals surface area contributed by atoms with E-state index in [1.807, 2.05) is 0 Å². The zero-order valence-corrected chi connectivity index (χ0v) is 18.0. The fourth-order valence-corrected chi connectivity index (χ4v) is 5.90. The molecule has 2 aliphatic rings. The summed E-state index contributed by atoms with van der Waals surface area (Å²) in [7, 11) is -3.07. The number of hydrogen-bond donors (Lipinski definition) is 2. The van der Waals surface area contributed by atoms with Crippen LogP contribution in [0, 0.1) is 11.8 Å². The highest BCUT2D eigenvalue weighted by atomic mass is 35.5. The molecule has 0 radical (unpaired) electrons. The summed E-state index contributed by atoms with van der Waals surface area (Å²) < 4.78 is 61.1. The van der Waals surface area contributed by atoms with Crippen molar-refractivity contribution < 1.29 is 31.2 Å². The van der Waals surface area contributed by atoms with E-state index in [1.54, 1.807) is 4.90 Å². The molecule has 2 amide bonds. The van der Waals surface area contributed by atoms with Gasteiger partial charge in [0.2, 0.25) is 11.8 Å². The smallest absolute Gasteiger partial charge is 0.355 e. The molecule has 0 saturated carbocycles. The number of sulfone groups is 1. The Bertz CT molecular complexity index is 950. The zero-order chi connectivity index (χ0) is 22.8. The summed E-state index contributed by atoms with van der Waals surface area (Å²) in [6.45, 7) is 0.730. The van der Waals surface area contributed by atoms with E-state index in [0.717, 1.165) is 12.3 Å². The Morgan fingerprint density at radius 1 is 1.19 bits per heavy atom. The van der Waals surface area contributed by atoms with Gasteiger partial charge in [0.15, 0.2) is 9.84 Å². The number of carbonyl (C=O) groups excluding carboxylic acids is 2. The molecule has 1 aromatic rings. The molecule has 2 saturated heterocycles. The maximum atomic E-state index is 12.7.